The fourth-order valence-corrected chi connectivity index (χ4v) is 3.54. The van der Waals surface area contributed by atoms with E-state index in [1.165, 1.54) is 6.92 Å². The van der Waals surface area contributed by atoms with Gasteiger partial charge in [0.05, 0.1) is 0 Å². The molecule has 5 heteroatoms. The standard InChI is InChI=1S/C17H14O3S.Ca/c1-12(2)20-21(18,19)17-9-5-8-15-10-13-6-3-4-7-14(13)11-16(15)17;/h3-11H,1H2,2H3;. The van der Waals surface area contributed by atoms with Crippen LogP contribution in [0.2, 0.25) is 0 Å². The van der Waals surface area contributed by atoms with Gasteiger partial charge in [-0.1, -0.05) is 43.0 Å². The third-order valence-corrected chi connectivity index (χ3v) is 4.63. The Hall–Kier alpha value is -1.07. The van der Waals surface area contributed by atoms with Gasteiger partial charge < -0.3 is 4.18 Å². The molecule has 0 aliphatic carbocycles. The first-order valence-corrected chi connectivity index (χ1v) is 7.90. The summed E-state index contributed by atoms with van der Waals surface area (Å²) in [6.07, 6.45) is 0. The number of benzene rings is 3. The van der Waals surface area contributed by atoms with E-state index >= 15 is 0 Å². The van der Waals surface area contributed by atoms with E-state index < -0.39 is 10.1 Å². The number of rotatable bonds is 3. The summed E-state index contributed by atoms with van der Waals surface area (Å²) in [5.74, 6) is 0.146. The molecule has 0 saturated carbocycles. The van der Waals surface area contributed by atoms with E-state index in [1.54, 1.807) is 12.1 Å². The van der Waals surface area contributed by atoms with Crippen molar-refractivity contribution in [2.45, 2.75) is 11.8 Å². The summed E-state index contributed by atoms with van der Waals surface area (Å²) in [6.45, 7) is 5.01. The van der Waals surface area contributed by atoms with Gasteiger partial charge in [0.15, 0.2) is 0 Å². The van der Waals surface area contributed by atoms with Gasteiger partial charge in [0.2, 0.25) is 0 Å². The number of hydrogen-bond donors (Lipinski definition) is 0. The van der Waals surface area contributed by atoms with E-state index in [0.717, 1.165) is 16.2 Å². The van der Waals surface area contributed by atoms with Crippen LogP contribution in [0.15, 0.2) is 71.8 Å². The van der Waals surface area contributed by atoms with Gasteiger partial charge in [-0.05, 0) is 41.3 Å². The largest absolute Gasteiger partial charge is 0.384 e. The SMILES string of the molecule is C=C(C)OS(=O)(=O)c1cccc2cc3ccccc3cc12.[Ca]. The van der Waals surface area contributed by atoms with E-state index in [1.807, 2.05) is 42.5 Å². The van der Waals surface area contributed by atoms with Gasteiger partial charge in [-0.3, -0.25) is 0 Å². The quantitative estimate of drug-likeness (QED) is 0.315. The third kappa shape index (κ3) is 3.30. The Morgan fingerprint density at radius 3 is 2.18 bits per heavy atom. The molecule has 22 heavy (non-hydrogen) atoms. The van der Waals surface area contributed by atoms with Crippen LogP contribution in [0, 0.1) is 0 Å². The van der Waals surface area contributed by atoms with Crippen LogP contribution in [0.4, 0.5) is 0 Å². The Bertz CT molecular complexity index is 962. The topological polar surface area (TPSA) is 43.4 Å². The van der Waals surface area contributed by atoms with E-state index in [4.69, 9.17) is 4.18 Å². The Morgan fingerprint density at radius 2 is 1.55 bits per heavy atom. The minimum atomic E-state index is -3.85. The Kier molecular flexibility index (Phi) is 5.17. The van der Waals surface area contributed by atoms with Crippen LogP contribution in [-0.2, 0) is 14.3 Å². The van der Waals surface area contributed by atoms with Crippen molar-refractivity contribution in [3.05, 3.63) is 66.9 Å². The number of allylic oxidation sites excluding steroid dienone is 1. The van der Waals surface area contributed by atoms with Crippen molar-refractivity contribution >= 4 is 69.4 Å². The number of fused-ring (bicyclic) bond motifs is 2. The maximum Gasteiger partial charge on any atom is 0.339 e. The van der Waals surface area contributed by atoms with E-state index in [-0.39, 0.29) is 48.4 Å². The summed E-state index contributed by atoms with van der Waals surface area (Å²) in [6, 6.07) is 16.8. The molecule has 0 bridgehead atoms. The molecule has 108 valence electrons. The predicted octanol–water partition coefficient (Wildman–Crippen LogP) is 3.85. The molecular formula is C17H14CaO3S. The molecule has 0 amide bonds. The molecule has 2 radical (unpaired) electrons. The summed E-state index contributed by atoms with van der Waals surface area (Å²) in [7, 11) is -3.85. The smallest absolute Gasteiger partial charge is 0.339 e. The van der Waals surface area contributed by atoms with Crippen LogP contribution in [-0.4, -0.2) is 46.2 Å². The third-order valence-electron chi connectivity index (χ3n) is 3.23. The molecule has 0 N–H and O–H groups in total. The number of hydrogen-bond acceptors (Lipinski definition) is 3. The summed E-state index contributed by atoms with van der Waals surface area (Å²) in [5, 5.41) is 3.57. The zero-order valence-corrected chi connectivity index (χ0v) is 15.3. The molecule has 0 spiro atoms. The second-order valence-electron chi connectivity index (χ2n) is 4.92. The van der Waals surface area contributed by atoms with Gasteiger partial charge in [0.1, 0.15) is 10.7 Å². The van der Waals surface area contributed by atoms with E-state index in [0.29, 0.717) is 5.39 Å². The normalized spacial score (nSPS) is 11.1. The molecule has 0 atom stereocenters. The second-order valence-corrected chi connectivity index (χ2v) is 6.43. The molecule has 3 aromatic carbocycles. The first-order chi connectivity index (χ1) is 9.97. The molecule has 0 heterocycles. The van der Waals surface area contributed by atoms with Crippen molar-refractivity contribution in [1.82, 2.24) is 0 Å². The summed E-state index contributed by atoms with van der Waals surface area (Å²) < 4.78 is 29.5. The van der Waals surface area contributed by atoms with E-state index in [2.05, 4.69) is 6.58 Å². The van der Waals surface area contributed by atoms with Crippen LogP contribution in [0.1, 0.15) is 6.92 Å². The average molecular weight is 338 g/mol. The van der Waals surface area contributed by atoms with Gasteiger partial charge >= 0.3 is 10.1 Å². The maximum absolute atomic E-state index is 12.3. The van der Waals surface area contributed by atoms with Crippen molar-refractivity contribution in [2.24, 2.45) is 0 Å². The van der Waals surface area contributed by atoms with Gasteiger partial charge in [-0.25, -0.2) is 0 Å². The fourth-order valence-electron chi connectivity index (χ4n) is 2.39. The minimum Gasteiger partial charge on any atom is -0.384 e. The van der Waals surface area contributed by atoms with Gasteiger partial charge in [0, 0.05) is 43.1 Å². The Morgan fingerprint density at radius 1 is 0.955 bits per heavy atom. The first kappa shape index (κ1) is 17.3. The van der Waals surface area contributed by atoms with Crippen molar-refractivity contribution in [3.63, 3.8) is 0 Å². The van der Waals surface area contributed by atoms with Gasteiger partial charge in [0.25, 0.3) is 0 Å². The van der Waals surface area contributed by atoms with Crippen LogP contribution >= 0.6 is 0 Å². The average Bonchev–Trinajstić information content (AvgIpc) is 2.43. The molecule has 3 aromatic rings. The first-order valence-electron chi connectivity index (χ1n) is 6.49. The molecule has 3 nitrogen and oxygen atoms in total. The monoisotopic (exact) mass is 338 g/mol. The van der Waals surface area contributed by atoms with Crippen molar-refractivity contribution < 1.29 is 12.6 Å². The zero-order chi connectivity index (χ0) is 15.0. The summed E-state index contributed by atoms with van der Waals surface area (Å²) >= 11 is 0. The fraction of sp³-hybridized carbons (Fsp3) is 0.0588. The van der Waals surface area contributed by atoms with Crippen molar-refractivity contribution in [2.75, 3.05) is 0 Å². The molecule has 0 aromatic heterocycles. The van der Waals surface area contributed by atoms with Crippen molar-refractivity contribution in [1.29, 1.82) is 0 Å². The van der Waals surface area contributed by atoms with Crippen LogP contribution in [0.3, 0.4) is 0 Å². The molecule has 0 aliphatic heterocycles. The van der Waals surface area contributed by atoms with Crippen LogP contribution in [0.25, 0.3) is 21.5 Å². The second kappa shape index (κ2) is 6.59. The van der Waals surface area contributed by atoms with Gasteiger partial charge in [-0.2, -0.15) is 8.42 Å². The molecule has 0 fully saturated rings. The Balaban J connectivity index is 0.00000176. The van der Waals surface area contributed by atoms with Crippen LogP contribution in [0.5, 0.6) is 0 Å². The molecule has 0 saturated heterocycles. The molecule has 0 unspecified atom stereocenters. The van der Waals surface area contributed by atoms with Crippen molar-refractivity contribution in [3.8, 4) is 0 Å². The maximum atomic E-state index is 12.3. The summed E-state index contributed by atoms with van der Waals surface area (Å²) in [5.41, 5.74) is 0. The Labute approximate surface area is 159 Å². The van der Waals surface area contributed by atoms with Crippen LogP contribution < -0.4 is 0 Å². The molecular weight excluding hydrogens is 324 g/mol. The van der Waals surface area contributed by atoms with E-state index in [9.17, 15) is 8.42 Å². The van der Waals surface area contributed by atoms with Gasteiger partial charge in [-0.15, -0.1) is 0 Å². The minimum absolute atomic E-state index is 0. The molecule has 0 aliphatic rings. The molecule has 3 rings (SSSR count). The summed E-state index contributed by atoms with van der Waals surface area (Å²) in [4.78, 5) is 0.161. The zero-order valence-electron chi connectivity index (χ0n) is 12.2. The predicted molar refractivity (Wildman–Crippen MR) is 90.3 cm³/mol.